The number of carbonyl (C=O) groups excluding carboxylic acids is 1. The topological polar surface area (TPSA) is 53.9 Å². The Hall–Kier alpha value is -2.82. The van der Waals surface area contributed by atoms with Gasteiger partial charge in [0.1, 0.15) is 5.75 Å². The van der Waals surface area contributed by atoms with Gasteiger partial charge in [-0.3, -0.25) is 9.79 Å². The summed E-state index contributed by atoms with van der Waals surface area (Å²) < 4.78 is 5.09. The van der Waals surface area contributed by atoms with Gasteiger partial charge in [-0.1, -0.05) is 0 Å². The highest BCUT2D eigenvalue weighted by atomic mass is 16.5. The molecule has 0 bridgehead atoms. The standard InChI is InChI=1S/C18H21N3O2/c1-13(19-2)21(3)16-9-7-15(8-10-16)20-18(22)14-5-11-17(23-4)12-6-14/h5-12H,1-4H3,(H,20,22). The van der Waals surface area contributed by atoms with Gasteiger partial charge in [0.15, 0.2) is 0 Å². The quantitative estimate of drug-likeness (QED) is 0.695. The van der Waals surface area contributed by atoms with Crippen LogP contribution in [0.1, 0.15) is 17.3 Å². The zero-order chi connectivity index (χ0) is 16.8. The molecule has 1 N–H and O–H groups in total. The van der Waals surface area contributed by atoms with Crippen LogP contribution < -0.4 is 15.0 Å². The van der Waals surface area contributed by atoms with Crippen LogP contribution >= 0.6 is 0 Å². The van der Waals surface area contributed by atoms with E-state index in [1.807, 2.05) is 43.1 Å². The molecule has 2 aromatic rings. The minimum atomic E-state index is -0.153. The number of benzene rings is 2. The molecule has 5 nitrogen and oxygen atoms in total. The minimum absolute atomic E-state index is 0.153. The maximum Gasteiger partial charge on any atom is 0.255 e. The van der Waals surface area contributed by atoms with Crippen molar-refractivity contribution in [1.82, 2.24) is 0 Å². The first-order valence-corrected chi connectivity index (χ1v) is 7.27. The molecule has 0 aliphatic heterocycles. The molecule has 2 rings (SSSR count). The van der Waals surface area contributed by atoms with Gasteiger partial charge in [-0.15, -0.1) is 0 Å². The van der Waals surface area contributed by atoms with E-state index in [1.54, 1.807) is 38.4 Å². The molecule has 120 valence electrons. The third-order valence-corrected chi connectivity index (χ3v) is 3.67. The van der Waals surface area contributed by atoms with Crippen LogP contribution in [0, 0.1) is 0 Å². The lowest BCUT2D eigenvalue weighted by molar-refractivity contribution is 0.102. The second-order valence-corrected chi connectivity index (χ2v) is 5.06. The predicted octanol–water partition coefficient (Wildman–Crippen LogP) is 3.43. The van der Waals surface area contributed by atoms with E-state index in [2.05, 4.69) is 10.3 Å². The first-order chi connectivity index (χ1) is 11.0. The summed E-state index contributed by atoms with van der Waals surface area (Å²) in [5, 5.41) is 2.88. The normalized spacial score (nSPS) is 11.0. The molecule has 0 atom stereocenters. The van der Waals surface area contributed by atoms with Gasteiger partial charge >= 0.3 is 0 Å². The van der Waals surface area contributed by atoms with Crippen molar-refractivity contribution in [2.24, 2.45) is 4.99 Å². The number of anilines is 2. The van der Waals surface area contributed by atoms with Crippen molar-refractivity contribution >= 4 is 23.1 Å². The number of ether oxygens (including phenoxy) is 1. The highest BCUT2D eigenvalue weighted by Crippen LogP contribution is 2.18. The van der Waals surface area contributed by atoms with Crippen molar-refractivity contribution in [3.63, 3.8) is 0 Å². The summed E-state index contributed by atoms with van der Waals surface area (Å²) in [4.78, 5) is 18.3. The highest BCUT2D eigenvalue weighted by molar-refractivity contribution is 6.04. The van der Waals surface area contributed by atoms with Crippen LogP contribution in [0.15, 0.2) is 53.5 Å². The highest BCUT2D eigenvalue weighted by Gasteiger charge is 2.07. The summed E-state index contributed by atoms with van der Waals surface area (Å²) in [6.45, 7) is 1.94. The average molecular weight is 311 g/mol. The Labute approximate surface area is 136 Å². The Morgan fingerprint density at radius 1 is 1.09 bits per heavy atom. The Kier molecular flexibility index (Phi) is 5.36. The minimum Gasteiger partial charge on any atom is -0.497 e. The Morgan fingerprint density at radius 3 is 2.22 bits per heavy atom. The number of hydrogen-bond donors (Lipinski definition) is 1. The fourth-order valence-corrected chi connectivity index (χ4v) is 2.05. The maximum atomic E-state index is 12.2. The van der Waals surface area contributed by atoms with E-state index in [4.69, 9.17) is 4.74 Å². The van der Waals surface area contributed by atoms with Crippen molar-refractivity contribution in [1.29, 1.82) is 0 Å². The van der Waals surface area contributed by atoms with Gasteiger partial charge in [-0.25, -0.2) is 0 Å². The Morgan fingerprint density at radius 2 is 1.70 bits per heavy atom. The molecule has 0 heterocycles. The second-order valence-electron chi connectivity index (χ2n) is 5.06. The molecule has 0 aliphatic carbocycles. The van der Waals surface area contributed by atoms with E-state index in [1.165, 1.54) is 0 Å². The molecule has 0 spiro atoms. The number of nitrogens with zero attached hydrogens (tertiary/aromatic N) is 2. The molecule has 1 amide bonds. The van der Waals surface area contributed by atoms with E-state index in [0.717, 1.165) is 23.0 Å². The molecule has 0 unspecified atom stereocenters. The van der Waals surface area contributed by atoms with Gasteiger partial charge < -0.3 is 15.0 Å². The molecule has 0 saturated carbocycles. The SMILES string of the molecule is CN=C(C)N(C)c1ccc(NC(=O)c2ccc(OC)cc2)cc1. The summed E-state index contributed by atoms with van der Waals surface area (Å²) in [6, 6.07) is 14.6. The predicted molar refractivity (Wildman–Crippen MR) is 94.8 cm³/mol. The van der Waals surface area contributed by atoms with Crippen molar-refractivity contribution in [2.45, 2.75) is 6.92 Å². The number of hydrogen-bond acceptors (Lipinski definition) is 3. The van der Waals surface area contributed by atoms with Crippen molar-refractivity contribution in [3.8, 4) is 5.75 Å². The lowest BCUT2D eigenvalue weighted by Crippen LogP contribution is -2.23. The van der Waals surface area contributed by atoms with E-state index in [9.17, 15) is 4.79 Å². The van der Waals surface area contributed by atoms with Crippen molar-refractivity contribution < 1.29 is 9.53 Å². The van der Waals surface area contributed by atoms with E-state index in [0.29, 0.717) is 5.56 Å². The fraction of sp³-hybridized carbons (Fsp3) is 0.222. The van der Waals surface area contributed by atoms with Crippen LogP contribution in [0.4, 0.5) is 11.4 Å². The first kappa shape index (κ1) is 16.5. The molecule has 2 aromatic carbocycles. The number of amidine groups is 1. The van der Waals surface area contributed by atoms with Crippen molar-refractivity contribution in [3.05, 3.63) is 54.1 Å². The number of aliphatic imine (C=N–C) groups is 1. The number of carbonyl (C=O) groups is 1. The van der Waals surface area contributed by atoms with Gasteiger partial charge in [0.25, 0.3) is 5.91 Å². The summed E-state index contributed by atoms with van der Waals surface area (Å²) in [5.74, 6) is 1.49. The zero-order valence-electron chi connectivity index (χ0n) is 13.8. The molecule has 0 aromatic heterocycles. The van der Waals surface area contributed by atoms with E-state index in [-0.39, 0.29) is 5.91 Å². The molecular weight excluding hydrogens is 290 g/mol. The van der Waals surface area contributed by atoms with Crippen LogP contribution in [-0.4, -0.2) is 32.9 Å². The van der Waals surface area contributed by atoms with Crippen molar-refractivity contribution in [2.75, 3.05) is 31.4 Å². The zero-order valence-corrected chi connectivity index (χ0v) is 13.8. The average Bonchev–Trinajstić information content (AvgIpc) is 2.61. The molecule has 0 saturated heterocycles. The first-order valence-electron chi connectivity index (χ1n) is 7.27. The molecular formula is C18H21N3O2. The number of amides is 1. The lowest BCUT2D eigenvalue weighted by atomic mass is 10.2. The summed E-state index contributed by atoms with van der Waals surface area (Å²) in [7, 11) is 5.31. The van der Waals surface area contributed by atoms with Gasteiger partial charge in [0.05, 0.1) is 12.9 Å². The maximum absolute atomic E-state index is 12.2. The molecule has 5 heteroatoms. The largest absolute Gasteiger partial charge is 0.497 e. The summed E-state index contributed by atoms with van der Waals surface area (Å²) in [5.41, 5.74) is 2.34. The lowest BCUT2D eigenvalue weighted by Gasteiger charge is -2.18. The van der Waals surface area contributed by atoms with Crippen LogP contribution in [0.5, 0.6) is 5.75 Å². The number of rotatable bonds is 4. The summed E-state index contributed by atoms with van der Waals surface area (Å²) >= 11 is 0. The van der Waals surface area contributed by atoms with Crippen LogP contribution in [0.3, 0.4) is 0 Å². The van der Waals surface area contributed by atoms with Crippen LogP contribution in [0.25, 0.3) is 0 Å². The Balaban J connectivity index is 2.06. The third-order valence-electron chi connectivity index (χ3n) is 3.67. The van der Waals surface area contributed by atoms with Gasteiger partial charge in [0.2, 0.25) is 0 Å². The third kappa shape index (κ3) is 4.10. The summed E-state index contributed by atoms with van der Waals surface area (Å²) in [6.07, 6.45) is 0. The smallest absolute Gasteiger partial charge is 0.255 e. The van der Waals surface area contributed by atoms with Gasteiger partial charge in [-0.2, -0.15) is 0 Å². The van der Waals surface area contributed by atoms with Crippen LogP contribution in [-0.2, 0) is 0 Å². The monoisotopic (exact) mass is 311 g/mol. The van der Waals surface area contributed by atoms with E-state index < -0.39 is 0 Å². The van der Waals surface area contributed by atoms with Gasteiger partial charge in [-0.05, 0) is 55.5 Å². The van der Waals surface area contributed by atoms with E-state index >= 15 is 0 Å². The molecule has 0 radical (unpaired) electrons. The van der Waals surface area contributed by atoms with Crippen LogP contribution in [0.2, 0.25) is 0 Å². The molecule has 0 fully saturated rings. The van der Waals surface area contributed by atoms with Gasteiger partial charge in [0, 0.05) is 31.0 Å². The second kappa shape index (κ2) is 7.45. The number of methoxy groups -OCH3 is 1. The molecule has 23 heavy (non-hydrogen) atoms. The Bertz CT molecular complexity index is 691. The fourth-order valence-electron chi connectivity index (χ4n) is 2.05. The molecule has 0 aliphatic rings. The number of nitrogens with one attached hydrogen (secondary N) is 1.